The zero-order chi connectivity index (χ0) is 12.5. The van der Waals surface area contributed by atoms with Crippen LogP contribution in [0.4, 0.5) is 0 Å². The summed E-state index contributed by atoms with van der Waals surface area (Å²) < 4.78 is 1.14. The molecule has 2 N–H and O–H groups in total. The fourth-order valence-corrected chi connectivity index (χ4v) is 3.47. The maximum Gasteiger partial charge on any atom is 0.0200 e. The van der Waals surface area contributed by atoms with E-state index >= 15 is 0 Å². The lowest BCUT2D eigenvalue weighted by atomic mass is 9.66. The van der Waals surface area contributed by atoms with Gasteiger partial charge in [0.15, 0.2) is 0 Å². The van der Waals surface area contributed by atoms with Crippen LogP contribution in [0.1, 0.15) is 45.1 Å². The van der Waals surface area contributed by atoms with Gasteiger partial charge in [0.05, 0.1) is 0 Å². The molecule has 0 saturated heterocycles. The van der Waals surface area contributed by atoms with E-state index in [9.17, 15) is 0 Å². The minimum Gasteiger partial charge on any atom is -0.325 e. The van der Waals surface area contributed by atoms with E-state index in [1.165, 1.54) is 18.4 Å². The molecule has 0 radical (unpaired) electrons. The van der Waals surface area contributed by atoms with Gasteiger partial charge in [0.1, 0.15) is 0 Å². The Balaban J connectivity index is 2.09. The first kappa shape index (κ1) is 13.1. The molecule has 2 heteroatoms. The molecule has 0 amide bonds. The van der Waals surface area contributed by atoms with E-state index in [1.807, 2.05) is 0 Å². The van der Waals surface area contributed by atoms with Crippen molar-refractivity contribution in [3.05, 3.63) is 34.3 Å². The molecule has 1 fully saturated rings. The Bertz CT molecular complexity index is 382. The van der Waals surface area contributed by atoms with Crippen LogP contribution >= 0.6 is 15.9 Å². The number of hydrogen-bond donors (Lipinski definition) is 1. The van der Waals surface area contributed by atoms with Gasteiger partial charge in [0.2, 0.25) is 0 Å². The number of hydrogen-bond acceptors (Lipinski definition) is 1. The molecular formula is C15H22BrN. The lowest BCUT2D eigenvalue weighted by molar-refractivity contribution is 0.151. The third-order valence-corrected chi connectivity index (χ3v) is 4.36. The Labute approximate surface area is 113 Å². The predicted octanol–water partition coefficient (Wildman–Crippen LogP) is 4.29. The van der Waals surface area contributed by atoms with Crippen molar-refractivity contribution in [1.29, 1.82) is 0 Å². The summed E-state index contributed by atoms with van der Waals surface area (Å²) in [6.07, 6.45) is 5.87. The molecule has 2 rings (SSSR count). The van der Waals surface area contributed by atoms with Crippen LogP contribution in [0, 0.1) is 5.41 Å². The summed E-state index contributed by atoms with van der Waals surface area (Å²) >= 11 is 3.47. The van der Waals surface area contributed by atoms with Gasteiger partial charge in [-0.15, -0.1) is 0 Å². The maximum atomic E-state index is 6.59. The van der Waals surface area contributed by atoms with E-state index < -0.39 is 0 Å². The second-order valence-electron chi connectivity index (χ2n) is 6.36. The SMILES string of the molecule is CC1(C)CCCC(N)(Cc2ccc(Br)cc2)C1. The zero-order valence-electron chi connectivity index (χ0n) is 10.8. The second-order valence-corrected chi connectivity index (χ2v) is 7.28. The van der Waals surface area contributed by atoms with Crippen molar-refractivity contribution in [2.75, 3.05) is 0 Å². The topological polar surface area (TPSA) is 26.0 Å². The standard InChI is InChI=1S/C15H22BrN/c1-14(2)8-3-9-15(17,11-14)10-12-4-6-13(16)7-5-12/h4-7H,3,8-11,17H2,1-2H3. The summed E-state index contributed by atoms with van der Waals surface area (Å²) in [4.78, 5) is 0. The molecule has 0 spiro atoms. The predicted molar refractivity (Wildman–Crippen MR) is 77.0 cm³/mol. The molecule has 94 valence electrons. The highest BCUT2D eigenvalue weighted by Crippen LogP contribution is 2.41. The van der Waals surface area contributed by atoms with Crippen molar-refractivity contribution in [3.63, 3.8) is 0 Å². The Hall–Kier alpha value is -0.340. The molecule has 0 heterocycles. The third-order valence-electron chi connectivity index (χ3n) is 3.83. The van der Waals surface area contributed by atoms with Crippen molar-refractivity contribution in [3.8, 4) is 0 Å². The van der Waals surface area contributed by atoms with Crippen LogP contribution < -0.4 is 5.73 Å². The molecule has 1 aromatic rings. The van der Waals surface area contributed by atoms with Crippen molar-refractivity contribution < 1.29 is 0 Å². The van der Waals surface area contributed by atoms with Crippen LogP contribution in [0.15, 0.2) is 28.7 Å². The van der Waals surface area contributed by atoms with E-state index in [0.717, 1.165) is 23.7 Å². The Morgan fingerprint density at radius 3 is 2.41 bits per heavy atom. The molecule has 1 nitrogen and oxygen atoms in total. The summed E-state index contributed by atoms with van der Waals surface area (Å²) in [5, 5.41) is 0. The molecule has 17 heavy (non-hydrogen) atoms. The quantitative estimate of drug-likeness (QED) is 0.865. The molecule has 0 bridgehead atoms. The minimum atomic E-state index is -0.00439. The van der Waals surface area contributed by atoms with Crippen LogP contribution in [0.2, 0.25) is 0 Å². The molecule has 1 aliphatic carbocycles. The van der Waals surface area contributed by atoms with Crippen LogP contribution in [-0.2, 0) is 6.42 Å². The van der Waals surface area contributed by atoms with Gasteiger partial charge < -0.3 is 5.73 Å². The largest absolute Gasteiger partial charge is 0.325 e. The molecule has 1 aliphatic rings. The third kappa shape index (κ3) is 3.56. The van der Waals surface area contributed by atoms with Crippen molar-refractivity contribution in [1.82, 2.24) is 0 Å². The Morgan fingerprint density at radius 2 is 1.82 bits per heavy atom. The fraction of sp³-hybridized carbons (Fsp3) is 0.600. The first-order valence-corrected chi connectivity index (χ1v) is 7.21. The smallest absolute Gasteiger partial charge is 0.0200 e. The number of halogens is 1. The molecule has 1 atom stereocenters. The number of rotatable bonds is 2. The average molecular weight is 296 g/mol. The molecular weight excluding hydrogens is 274 g/mol. The summed E-state index contributed by atoms with van der Waals surface area (Å²) in [6.45, 7) is 4.69. The van der Waals surface area contributed by atoms with Gasteiger partial charge in [-0.2, -0.15) is 0 Å². The van der Waals surface area contributed by atoms with Crippen molar-refractivity contribution in [2.24, 2.45) is 11.1 Å². The lowest BCUT2D eigenvalue weighted by Gasteiger charge is -2.42. The van der Waals surface area contributed by atoms with Gasteiger partial charge in [-0.25, -0.2) is 0 Å². The second kappa shape index (κ2) is 4.74. The number of nitrogens with two attached hydrogens (primary N) is 1. The van der Waals surface area contributed by atoms with Gasteiger partial charge >= 0.3 is 0 Å². The van der Waals surface area contributed by atoms with E-state index in [1.54, 1.807) is 0 Å². The first-order valence-electron chi connectivity index (χ1n) is 6.42. The lowest BCUT2D eigenvalue weighted by Crippen LogP contribution is -2.48. The summed E-state index contributed by atoms with van der Waals surface area (Å²) in [5.41, 5.74) is 8.35. The monoisotopic (exact) mass is 295 g/mol. The van der Waals surface area contributed by atoms with Crippen LogP contribution in [-0.4, -0.2) is 5.54 Å². The Kier molecular flexibility index (Phi) is 3.65. The van der Waals surface area contributed by atoms with Crippen LogP contribution in [0.5, 0.6) is 0 Å². The van der Waals surface area contributed by atoms with E-state index in [0.29, 0.717) is 5.41 Å². The Morgan fingerprint density at radius 1 is 1.18 bits per heavy atom. The van der Waals surface area contributed by atoms with Gasteiger partial charge in [-0.1, -0.05) is 48.3 Å². The fourth-order valence-electron chi connectivity index (χ4n) is 3.21. The van der Waals surface area contributed by atoms with Gasteiger partial charge in [-0.3, -0.25) is 0 Å². The summed E-state index contributed by atoms with van der Waals surface area (Å²) in [5.74, 6) is 0. The zero-order valence-corrected chi connectivity index (χ0v) is 12.4. The van der Waals surface area contributed by atoms with Crippen molar-refractivity contribution >= 4 is 15.9 Å². The highest BCUT2D eigenvalue weighted by atomic mass is 79.9. The van der Waals surface area contributed by atoms with Gasteiger partial charge in [-0.05, 0) is 48.8 Å². The molecule has 1 aromatic carbocycles. The molecule has 1 saturated carbocycles. The first-order chi connectivity index (χ1) is 7.89. The van der Waals surface area contributed by atoms with Gasteiger partial charge in [0.25, 0.3) is 0 Å². The number of benzene rings is 1. The normalized spacial score (nSPS) is 28.0. The average Bonchev–Trinajstić information content (AvgIpc) is 2.19. The van der Waals surface area contributed by atoms with Crippen LogP contribution in [0.25, 0.3) is 0 Å². The summed E-state index contributed by atoms with van der Waals surface area (Å²) in [6, 6.07) is 8.57. The molecule has 0 aliphatic heterocycles. The van der Waals surface area contributed by atoms with E-state index in [4.69, 9.17) is 5.73 Å². The highest BCUT2D eigenvalue weighted by molar-refractivity contribution is 9.10. The van der Waals surface area contributed by atoms with Crippen molar-refractivity contribution in [2.45, 2.75) is 51.5 Å². The summed E-state index contributed by atoms with van der Waals surface area (Å²) in [7, 11) is 0. The minimum absolute atomic E-state index is 0.00439. The van der Waals surface area contributed by atoms with Gasteiger partial charge in [0, 0.05) is 10.0 Å². The maximum absolute atomic E-state index is 6.59. The molecule has 1 unspecified atom stereocenters. The van der Waals surface area contributed by atoms with E-state index in [2.05, 4.69) is 54.0 Å². The highest BCUT2D eigenvalue weighted by Gasteiger charge is 2.36. The molecule has 0 aromatic heterocycles. The van der Waals surface area contributed by atoms with E-state index in [-0.39, 0.29) is 5.54 Å². The van der Waals surface area contributed by atoms with Crippen LogP contribution in [0.3, 0.4) is 0 Å².